The number of carbonyl (C=O) groups excluding carboxylic acids is 1. The van der Waals surface area contributed by atoms with Crippen molar-refractivity contribution in [2.24, 2.45) is 4.99 Å². The third kappa shape index (κ3) is 6.59. The first-order valence-electron chi connectivity index (χ1n) is 14.1. The maximum absolute atomic E-state index is 14.1. The summed E-state index contributed by atoms with van der Waals surface area (Å²) in [5.74, 6) is -0.433. The van der Waals surface area contributed by atoms with Gasteiger partial charge in [-0.05, 0) is 82.0 Å². The fourth-order valence-corrected chi connectivity index (χ4v) is 6.90. The number of thiazole rings is 1. The molecule has 1 aliphatic rings. The maximum atomic E-state index is 14.1. The second-order valence-corrected chi connectivity index (χ2v) is 12.9. The SMILES string of the molecule is CCOC(=O)C1=C(c2ccccc2)N=c2s/c(=C\c3ccc(OCc4ccc(Cl)c(Cl)c4)c(Br)c3)c(=O)n2[C@H]1c1ccc(F)cc1. The first-order valence-corrected chi connectivity index (χ1v) is 16.5. The minimum atomic E-state index is -0.892. The lowest BCUT2D eigenvalue weighted by Gasteiger charge is -2.25. The number of ether oxygens (including phenoxy) is 2. The van der Waals surface area contributed by atoms with E-state index in [2.05, 4.69) is 15.9 Å². The van der Waals surface area contributed by atoms with Crippen molar-refractivity contribution in [2.45, 2.75) is 19.6 Å². The van der Waals surface area contributed by atoms with Crippen LogP contribution in [-0.2, 0) is 16.1 Å². The van der Waals surface area contributed by atoms with Crippen molar-refractivity contribution in [3.05, 3.63) is 159 Å². The van der Waals surface area contributed by atoms with E-state index in [4.69, 9.17) is 37.7 Å². The maximum Gasteiger partial charge on any atom is 0.338 e. The fraction of sp³-hybridized carbons (Fsp3) is 0.114. The van der Waals surface area contributed by atoms with E-state index in [9.17, 15) is 14.0 Å². The molecular formula is C35H24BrCl2FN2O4S. The molecule has 0 fully saturated rings. The third-order valence-electron chi connectivity index (χ3n) is 7.19. The Morgan fingerprint density at radius 2 is 1.78 bits per heavy atom. The number of rotatable bonds is 8. The van der Waals surface area contributed by atoms with Crippen LogP contribution in [0.4, 0.5) is 4.39 Å². The molecule has 0 aliphatic carbocycles. The van der Waals surface area contributed by atoms with Crippen LogP contribution in [0.25, 0.3) is 11.8 Å². The van der Waals surface area contributed by atoms with Crippen LogP contribution in [0.3, 0.4) is 0 Å². The molecule has 1 aromatic heterocycles. The lowest BCUT2D eigenvalue weighted by Crippen LogP contribution is -2.40. The van der Waals surface area contributed by atoms with Gasteiger partial charge >= 0.3 is 5.97 Å². The molecule has 46 heavy (non-hydrogen) atoms. The zero-order valence-corrected chi connectivity index (χ0v) is 28.1. The topological polar surface area (TPSA) is 69.9 Å². The highest BCUT2D eigenvalue weighted by atomic mass is 79.9. The standard InChI is InChI=1S/C35H24BrCl2FN2O4S/c1-2-44-34(43)30-31(22-6-4-3-5-7-22)40-35-41(32(30)23-10-12-24(39)13-11-23)33(42)29(46-35)18-20-9-15-28(25(36)16-20)45-19-21-8-14-26(37)27(38)17-21/h3-18,32H,2,19H2,1H3/b29-18-/t32-/m0/s1. The van der Waals surface area contributed by atoms with Crippen LogP contribution in [0.1, 0.15) is 35.2 Å². The van der Waals surface area contributed by atoms with E-state index in [1.165, 1.54) is 28.0 Å². The molecule has 0 spiro atoms. The van der Waals surface area contributed by atoms with Crippen LogP contribution in [-0.4, -0.2) is 17.1 Å². The minimum absolute atomic E-state index is 0.132. The summed E-state index contributed by atoms with van der Waals surface area (Å²) in [7, 11) is 0. The zero-order chi connectivity index (χ0) is 32.4. The number of nitrogens with zero attached hydrogens (tertiary/aromatic N) is 2. The van der Waals surface area contributed by atoms with Crippen molar-refractivity contribution in [1.29, 1.82) is 0 Å². The van der Waals surface area contributed by atoms with Crippen LogP contribution in [0.2, 0.25) is 10.0 Å². The summed E-state index contributed by atoms with van der Waals surface area (Å²) in [6.07, 6.45) is 1.76. The summed E-state index contributed by atoms with van der Waals surface area (Å²) < 4.78 is 28.0. The molecule has 11 heteroatoms. The van der Waals surface area contributed by atoms with Gasteiger partial charge in [0.2, 0.25) is 0 Å². The molecule has 1 aliphatic heterocycles. The smallest absolute Gasteiger partial charge is 0.338 e. The Hall–Kier alpha value is -4.02. The third-order valence-corrected chi connectivity index (χ3v) is 9.53. The Morgan fingerprint density at radius 1 is 1.02 bits per heavy atom. The number of halogens is 4. The quantitative estimate of drug-likeness (QED) is 0.153. The number of benzene rings is 4. The van der Waals surface area contributed by atoms with Crippen LogP contribution in [0.15, 0.2) is 111 Å². The number of hydrogen-bond donors (Lipinski definition) is 0. The predicted octanol–water partition coefficient (Wildman–Crippen LogP) is 7.72. The molecule has 0 amide bonds. The highest BCUT2D eigenvalue weighted by Gasteiger charge is 2.35. The van der Waals surface area contributed by atoms with E-state index in [-0.39, 0.29) is 24.3 Å². The van der Waals surface area contributed by atoms with Crippen molar-refractivity contribution < 1.29 is 18.7 Å². The predicted molar refractivity (Wildman–Crippen MR) is 182 cm³/mol. The summed E-state index contributed by atoms with van der Waals surface area (Å²) >= 11 is 16.9. The van der Waals surface area contributed by atoms with Gasteiger partial charge in [0.05, 0.1) is 43.0 Å². The van der Waals surface area contributed by atoms with Gasteiger partial charge in [0, 0.05) is 5.56 Å². The van der Waals surface area contributed by atoms with E-state index >= 15 is 0 Å². The molecule has 1 atom stereocenters. The summed E-state index contributed by atoms with van der Waals surface area (Å²) in [5, 5.41) is 0.921. The summed E-state index contributed by atoms with van der Waals surface area (Å²) in [6, 6.07) is 24.9. The highest BCUT2D eigenvalue weighted by Crippen LogP contribution is 2.35. The van der Waals surface area contributed by atoms with Crippen LogP contribution in [0, 0.1) is 5.82 Å². The molecule has 0 N–H and O–H groups in total. The van der Waals surface area contributed by atoms with E-state index < -0.39 is 17.8 Å². The van der Waals surface area contributed by atoms with Crippen LogP contribution in [0.5, 0.6) is 5.75 Å². The summed E-state index contributed by atoms with van der Waals surface area (Å²) in [6.45, 7) is 2.13. The van der Waals surface area contributed by atoms with E-state index in [1.807, 2.05) is 48.5 Å². The average molecular weight is 738 g/mol. The highest BCUT2D eigenvalue weighted by molar-refractivity contribution is 9.10. The second kappa shape index (κ2) is 13.8. The molecular weight excluding hydrogens is 714 g/mol. The fourth-order valence-electron chi connectivity index (χ4n) is 5.07. The van der Waals surface area contributed by atoms with Crippen molar-refractivity contribution in [3.8, 4) is 5.75 Å². The normalized spacial score (nSPS) is 14.5. The molecule has 2 heterocycles. The van der Waals surface area contributed by atoms with Gasteiger partial charge in [-0.25, -0.2) is 14.2 Å². The lowest BCUT2D eigenvalue weighted by molar-refractivity contribution is -0.138. The molecule has 0 radical (unpaired) electrons. The molecule has 6 nitrogen and oxygen atoms in total. The summed E-state index contributed by atoms with van der Waals surface area (Å²) in [5.41, 5.74) is 3.09. The molecule has 0 unspecified atom stereocenters. The van der Waals surface area contributed by atoms with Gasteiger partial charge in [0.15, 0.2) is 4.80 Å². The van der Waals surface area contributed by atoms with Crippen LogP contribution < -0.4 is 19.6 Å². The molecule has 232 valence electrons. The Bertz CT molecular complexity index is 2170. The number of carbonyl (C=O) groups is 1. The first kappa shape index (κ1) is 31.9. The van der Waals surface area contributed by atoms with Gasteiger partial charge in [-0.2, -0.15) is 0 Å². The number of hydrogen-bond acceptors (Lipinski definition) is 6. The number of esters is 1. The monoisotopic (exact) mass is 736 g/mol. The van der Waals surface area contributed by atoms with Gasteiger partial charge in [0.25, 0.3) is 5.56 Å². The van der Waals surface area contributed by atoms with Gasteiger partial charge in [0.1, 0.15) is 18.2 Å². The van der Waals surface area contributed by atoms with E-state index in [0.717, 1.165) is 11.1 Å². The molecule has 4 aromatic carbocycles. The Kier molecular flexibility index (Phi) is 9.56. The Labute approximate surface area is 285 Å². The van der Waals surface area contributed by atoms with Crippen LogP contribution >= 0.6 is 50.5 Å². The van der Waals surface area contributed by atoms with Crippen molar-refractivity contribution in [2.75, 3.05) is 6.61 Å². The summed E-state index contributed by atoms with van der Waals surface area (Å²) in [4.78, 5) is 32.8. The molecule has 6 rings (SSSR count). The molecule has 0 bridgehead atoms. The molecule has 0 saturated carbocycles. The minimum Gasteiger partial charge on any atom is -0.488 e. The first-order chi connectivity index (χ1) is 22.2. The Balaban J connectivity index is 1.43. The van der Waals surface area contributed by atoms with Crippen molar-refractivity contribution in [3.63, 3.8) is 0 Å². The second-order valence-electron chi connectivity index (χ2n) is 10.2. The van der Waals surface area contributed by atoms with Crippen molar-refractivity contribution >= 4 is 68.2 Å². The lowest BCUT2D eigenvalue weighted by atomic mass is 9.93. The van der Waals surface area contributed by atoms with E-state index in [1.54, 1.807) is 43.3 Å². The van der Waals surface area contributed by atoms with Gasteiger partial charge in [-0.15, -0.1) is 0 Å². The van der Waals surface area contributed by atoms with Crippen molar-refractivity contribution in [1.82, 2.24) is 4.57 Å². The zero-order valence-electron chi connectivity index (χ0n) is 24.2. The largest absolute Gasteiger partial charge is 0.488 e. The van der Waals surface area contributed by atoms with Gasteiger partial charge < -0.3 is 9.47 Å². The molecule has 0 saturated heterocycles. The number of aromatic nitrogens is 1. The molecule has 5 aromatic rings. The van der Waals surface area contributed by atoms with Gasteiger partial charge in [-0.3, -0.25) is 9.36 Å². The average Bonchev–Trinajstić information content (AvgIpc) is 3.36. The Morgan fingerprint density at radius 3 is 2.48 bits per heavy atom. The van der Waals surface area contributed by atoms with E-state index in [0.29, 0.717) is 46.4 Å². The van der Waals surface area contributed by atoms with Gasteiger partial charge in [-0.1, -0.05) is 89.1 Å². The number of fused-ring (bicyclic) bond motifs is 1.